The van der Waals surface area contributed by atoms with Crippen LogP contribution in [0, 0.1) is 0 Å². The molecule has 1 aliphatic carbocycles. The molecule has 0 saturated heterocycles. The molecule has 1 N–H and O–H groups in total. The highest BCUT2D eigenvalue weighted by molar-refractivity contribution is 7.17. The number of nitrogens with zero attached hydrogens (tertiary/aromatic N) is 2. The predicted octanol–water partition coefficient (Wildman–Crippen LogP) is 5.36. The molecule has 3 heterocycles. The van der Waals surface area contributed by atoms with Crippen LogP contribution in [0.25, 0.3) is 10.2 Å². The van der Waals surface area contributed by atoms with Crippen molar-refractivity contribution in [3.63, 3.8) is 0 Å². The molecular weight excluding hydrogens is 446 g/mol. The SMILES string of the molecule is COc1cccc(CN2C(=O)c3cc4sccc4n3C[C@@]2(C)C(=O)NC2CCCCCCC2)c1. The molecule has 0 spiro atoms. The van der Waals surface area contributed by atoms with Gasteiger partial charge >= 0.3 is 0 Å². The van der Waals surface area contributed by atoms with E-state index in [9.17, 15) is 9.59 Å². The molecule has 1 aliphatic heterocycles. The first-order valence-electron chi connectivity index (χ1n) is 12.3. The van der Waals surface area contributed by atoms with Crippen LogP contribution in [0.3, 0.4) is 0 Å². The number of thiophene rings is 1. The van der Waals surface area contributed by atoms with E-state index in [2.05, 4.69) is 5.32 Å². The second-order valence-corrected chi connectivity index (χ2v) is 10.8. The van der Waals surface area contributed by atoms with Crippen molar-refractivity contribution < 1.29 is 14.3 Å². The highest BCUT2D eigenvalue weighted by atomic mass is 32.1. The molecule has 2 aromatic heterocycles. The zero-order valence-electron chi connectivity index (χ0n) is 20.0. The van der Waals surface area contributed by atoms with Gasteiger partial charge in [0.05, 0.1) is 23.9 Å². The predicted molar refractivity (Wildman–Crippen MR) is 135 cm³/mol. The molecule has 6 nitrogen and oxygen atoms in total. The first-order chi connectivity index (χ1) is 16.5. The maximum absolute atomic E-state index is 13.9. The van der Waals surface area contributed by atoms with Gasteiger partial charge in [0.15, 0.2) is 0 Å². The summed E-state index contributed by atoms with van der Waals surface area (Å²) in [7, 11) is 1.64. The Kier molecular flexibility index (Phi) is 6.38. The number of rotatable bonds is 5. The molecule has 2 aliphatic rings. The van der Waals surface area contributed by atoms with E-state index in [0.29, 0.717) is 18.8 Å². The smallest absolute Gasteiger partial charge is 0.271 e. The van der Waals surface area contributed by atoms with Gasteiger partial charge in [-0.3, -0.25) is 9.59 Å². The minimum atomic E-state index is -0.997. The van der Waals surface area contributed by atoms with E-state index in [1.165, 1.54) is 19.3 Å². The van der Waals surface area contributed by atoms with Crippen molar-refractivity contribution >= 4 is 33.4 Å². The van der Waals surface area contributed by atoms with Gasteiger partial charge in [0.1, 0.15) is 17.0 Å². The Labute approximate surface area is 204 Å². The Morgan fingerprint density at radius 3 is 2.68 bits per heavy atom. The molecular formula is C27H33N3O3S. The van der Waals surface area contributed by atoms with Crippen LogP contribution in [-0.2, 0) is 17.9 Å². The van der Waals surface area contributed by atoms with Crippen LogP contribution in [0.15, 0.2) is 41.8 Å². The standard InChI is InChI=1S/C27H33N3O3S/c1-27(26(32)28-20-10-6-4-3-5-7-11-20)18-29-22-13-14-34-24(22)16-23(29)25(31)30(27)17-19-9-8-12-21(15-19)33-2/h8-9,12-16,20H,3-7,10-11,17-18H2,1-2H3,(H,28,32)/t27-/m0/s1. The summed E-state index contributed by atoms with van der Waals surface area (Å²) < 4.78 is 8.51. The minimum absolute atomic E-state index is 0.0583. The maximum Gasteiger partial charge on any atom is 0.271 e. The average Bonchev–Trinajstić information content (AvgIpc) is 3.41. The van der Waals surface area contributed by atoms with Gasteiger partial charge in [0.2, 0.25) is 5.91 Å². The van der Waals surface area contributed by atoms with E-state index >= 15 is 0 Å². The van der Waals surface area contributed by atoms with Gasteiger partial charge in [0, 0.05) is 12.6 Å². The second-order valence-electron chi connectivity index (χ2n) is 9.82. The van der Waals surface area contributed by atoms with Crippen LogP contribution < -0.4 is 10.1 Å². The van der Waals surface area contributed by atoms with Crippen molar-refractivity contribution in [3.8, 4) is 5.75 Å². The number of ether oxygens (including phenoxy) is 1. The van der Waals surface area contributed by atoms with Crippen molar-refractivity contribution in [1.29, 1.82) is 0 Å². The number of hydrogen-bond donors (Lipinski definition) is 1. The molecule has 3 aromatic rings. The molecule has 7 heteroatoms. The highest BCUT2D eigenvalue weighted by Crippen LogP contribution is 2.35. The largest absolute Gasteiger partial charge is 0.497 e. The molecule has 0 radical (unpaired) electrons. The van der Waals surface area contributed by atoms with E-state index in [1.54, 1.807) is 23.3 Å². The van der Waals surface area contributed by atoms with Crippen LogP contribution in [0.4, 0.5) is 0 Å². The van der Waals surface area contributed by atoms with E-state index < -0.39 is 5.54 Å². The first-order valence-corrected chi connectivity index (χ1v) is 13.2. The summed E-state index contributed by atoms with van der Waals surface area (Å²) in [6.07, 6.45) is 8.05. The van der Waals surface area contributed by atoms with Crippen LogP contribution in [0.1, 0.15) is 67.9 Å². The van der Waals surface area contributed by atoms with Gasteiger partial charge in [-0.15, -0.1) is 11.3 Å². The number of fused-ring (bicyclic) bond motifs is 3. The second kappa shape index (κ2) is 9.45. The Morgan fingerprint density at radius 2 is 1.91 bits per heavy atom. The lowest BCUT2D eigenvalue weighted by atomic mass is 9.91. The lowest BCUT2D eigenvalue weighted by molar-refractivity contribution is -0.134. The topological polar surface area (TPSA) is 63.6 Å². The van der Waals surface area contributed by atoms with Crippen LogP contribution >= 0.6 is 11.3 Å². The summed E-state index contributed by atoms with van der Waals surface area (Å²) in [6.45, 7) is 2.71. The third-order valence-corrected chi connectivity index (χ3v) is 8.31. The molecule has 0 unspecified atom stereocenters. The molecule has 2 amide bonds. The zero-order valence-corrected chi connectivity index (χ0v) is 20.8. The minimum Gasteiger partial charge on any atom is -0.497 e. The molecule has 180 valence electrons. The third-order valence-electron chi connectivity index (χ3n) is 7.45. The van der Waals surface area contributed by atoms with Crippen LogP contribution in [-0.4, -0.2) is 40.0 Å². The summed E-state index contributed by atoms with van der Waals surface area (Å²) in [5.41, 5.74) is 1.63. The molecule has 5 rings (SSSR count). The average molecular weight is 480 g/mol. The summed E-state index contributed by atoms with van der Waals surface area (Å²) in [4.78, 5) is 29.5. The molecule has 1 aromatic carbocycles. The van der Waals surface area contributed by atoms with E-state index in [4.69, 9.17) is 4.74 Å². The Bertz CT molecular complexity index is 1190. The molecule has 1 atom stereocenters. The maximum atomic E-state index is 13.9. The van der Waals surface area contributed by atoms with Crippen molar-refractivity contribution in [1.82, 2.24) is 14.8 Å². The number of carbonyl (C=O) groups is 2. The lowest BCUT2D eigenvalue weighted by Crippen LogP contribution is -2.64. The van der Waals surface area contributed by atoms with Crippen molar-refractivity contribution in [3.05, 3.63) is 53.0 Å². The summed E-state index contributed by atoms with van der Waals surface area (Å²) >= 11 is 1.63. The molecule has 1 saturated carbocycles. The van der Waals surface area contributed by atoms with Gasteiger partial charge in [-0.25, -0.2) is 0 Å². The quantitative estimate of drug-likeness (QED) is 0.536. The fourth-order valence-corrected chi connectivity index (χ4v) is 6.24. The summed E-state index contributed by atoms with van der Waals surface area (Å²) in [5.74, 6) is 0.580. The number of carbonyl (C=O) groups excluding carboxylic acids is 2. The van der Waals surface area contributed by atoms with E-state index in [0.717, 1.165) is 47.2 Å². The van der Waals surface area contributed by atoms with Crippen LogP contribution in [0.2, 0.25) is 0 Å². The van der Waals surface area contributed by atoms with Crippen molar-refractivity contribution in [2.75, 3.05) is 7.11 Å². The van der Waals surface area contributed by atoms with Gasteiger partial charge < -0.3 is 19.5 Å². The summed E-state index contributed by atoms with van der Waals surface area (Å²) in [6, 6.07) is 11.9. The fraction of sp³-hybridized carbons (Fsp3) is 0.481. The molecule has 0 bridgehead atoms. The fourth-order valence-electron chi connectivity index (χ4n) is 5.42. The monoisotopic (exact) mass is 479 g/mol. The first kappa shape index (κ1) is 23.0. The Balaban J connectivity index is 1.49. The number of nitrogens with one attached hydrogen (secondary N) is 1. The highest BCUT2D eigenvalue weighted by Gasteiger charge is 2.48. The van der Waals surface area contributed by atoms with Gasteiger partial charge in [-0.2, -0.15) is 0 Å². The molecule has 34 heavy (non-hydrogen) atoms. The van der Waals surface area contributed by atoms with Gasteiger partial charge in [0.25, 0.3) is 5.91 Å². The van der Waals surface area contributed by atoms with Crippen LogP contribution in [0.5, 0.6) is 5.75 Å². The Morgan fingerprint density at radius 1 is 1.15 bits per heavy atom. The Hall–Kier alpha value is -2.80. The normalized spacial score (nSPS) is 21.7. The number of methoxy groups -OCH3 is 1. The number of amides is 2. The van der Waals surface area contributed by atoms with E-state index in [1.807, 2.05) is 53.3 Å². The lowest BCUT2D eigenvalue weighted by Gasteiger charge is -2.44. The van der Waals surface area contributed by atoms with E-state index in [-0.39, 0.29) is 17.9 Å². The number of hydrogen-bond acceptors (Lipinski definition) is 4. The van der Waals surface area contributed by atoms with Crippen molar-refractivity contribution in [2.45, 2.75) is 76.5 Å². The number of aromatic nitrogens is 1. The molecule has 1 fully saturated rings. The zero-order chi connectivity index (χ0) is 23.7. The van der Waals surface area contributed by atoms with Crippen molar-refractivity contribution in [2.24, 2.45) is 0 Å². The number of benzene rings is 1. The van der Waals surface area contributed by atoms with Gasteiger partial charge in [-0.05, 0) is 55.0 Å². The van der Waals surface area contributed by atoms with Gasteiger partial charge in [-0.1, -0.05) is 44.2 Å². The summed E-state index contributed by atoms with van der Waals surface area (Å²) in [5, 5.41) is 5.39. The third kappa shape index (κ3) is 4.22.